The van der Waals surface area contributed by atoms with Crippen molar-refractivity contribution in [3.63, 3.8) is 0 Å². The summed E-state index contributed by atoms with van der Waals surface area (Å²) in [7, 11) is 0. The van der Waals surface area contributed by atoms with Crippen molar-refractivity contribution in [2.24, 2.45) is 9.98 Å². The minimum Gasteiger partial charge on any atom is -0.493 e. The minimum atomic E-state index is 0.586. The normalized spacial score (nSPS) is 11.5. The SMILES string of the molecule is C(=NCc1ccc(CN=Cc2cc(OCCCCCCCCCC[n+]3ccccc3)cc(OCCCCCCCCCC[n+]3ccccc3)c2)cc1)c1cc(OCCCCCCCCCC[n+]2ccccc2)cc(OCCCCCCCCCC[n+]2ccccc2)c1. The zero-order valence-corrected chi connectivity index (χ0v) is 56.5. The number of rotatable bonds is 54. The number of hydrogen-bond acceptors (Lipinski definition) is 6. The van der Waals surface area contributed by atoms with Crippen LogP contribution in [0.5, 0.6) is 23.0 Å². The molecule has 4 heterocycles. The highest BCUT2D eigenvalue weighted by molar-refractivity contribution is 5.81. The van der Waals surface area contributed by atoms with Gasteiger partial charge >= 0.3 is 0 Å². The van der Waals surface area contributed by atoms with E-state index < -0.39 is 0 Å². The van der Waals surface area contributed by atoms with Crippen molar-refractivity contribution in [2.45, 2.75) is 245 Å². The molecule has 0 fully saturated rings. The maximum absolute atomic E-state index is 6.39. The van der Waals surface area contributed by atoms with Crippen LogP contribution < -0.4 is 37.2 Å². The summed E-state index contributed by atoms with van der Waals surface area (Å²) in [6.45, 7) is 8.45. The maximum Gasteiger partial charge on any atom is 0.168 e. The molecule has 0 N–H and O–H groups in total. The van der Waals surface area contributed by atoms with Gasteiger partial charge in [-0.05, 0) is 97.9 Å². The van der Waals surface area contributed by atoms with Crippen LogP contribution in [0, 0.1) is 0 Å². The lowest BCUT2D eigenvalue weighted by Gasteiger charge is -2.12. The Kier molecular flexibility index (Phi) is 38.1. The van der Waals surface area contributed by atoms with E-state index in [2.05, 4.69) is 201 Å². The fraction of sp³-hybridized carbons (Fsp3) is 0.512. The molecular weight excluding hydrogens is 1130 g/mol. The van der Waals surface area contributed by atoms with Crippen LogP contribution in [-0.4, -0.2) is 38.9 Å². The second-order valence-corrected chi connectivity index (χ2v) is 25.4. The number of ether oxygens (including phenoxy) is 4. The van der Waals surface area contributed by atoms with E-state index in [1.54, 1.807) is 0 Å². The van der Waals surface area contributed by atoms with Crippen LogP contribution in [0.4, 0.5) is 0 Å². The summed E-state index contributed by atoms with van der Waals surface area (Å²) < 4.78 is 34.7. The first kappa shape index (κ1) is 72.2. The zero-order chi connectivity index (χ0) is 63.5. The van der Waals surface area contributed by atoms with Gasteiger partial charge in [0.05, 0.1) is 39.5 Å². The highest BCUT2D eigenvalue weighted by Crippen LogP contribution is 2.26. The van der Waals surface area contributed by atoms with Gasteiger partial charge in [-0.15, -0.1) is 0 Å². The number of nitrogens with zero attached hydrogens (tertiary/aromatic N) is 6. The number of aromatic nitrogens is 4. The van der Waals surface area contributed by atoms with Gasteiger partial charge < -0.3 is 18.9 Å². The molecule has 0 bridgehead atoms. The molecule has 4 aromatic heterocycles. The second kappa shape index (κ2) is 48.5. The molecule has 0 amide bonds. The number of aryl methyl sites for hydroxylation is 4. The van der Waals surface area contributed by atoms with Gasteiger partial charge in [-0.1, -0.05) is 177 Å². The first-order chi connectivity index (χ1) is 45.7. The van der Waals surface area contributed by atoms with Crippen LogP contribution >= 0.6 is 0 Å². The monoisotopic (exact) mass is 1250 g/mol. The molecule has 7 rings (SSSR count). The third-order valence-electron chi connectivity index (χ3n) is 17.3. The molecular formula is C82H116N6O4+4. The van der Waals surface area contributed by atoms with E-state index in [1.165, 1.54) is 180 Å². The molecule has 0 radical (unpaired) electrons. The average molecular weight is 1250 g/mol. The van der Waals surface area contributed by atoms with Gasteiger partial charge in [0.1, 0.15) is 49.2 Å². The van der Waals surface area contributed by atoms with E-state index >= 15 is 0 Å². The van der Waals surface area contributed by atoms with Crippen LogP contribution in [-0.2, 0) is 39.3 Å². The maximum atomic E-state index is 6.39. The molecule has 3 aromatic carbocycles. The Morgan fingerprint density at radius 2 is 0.446 bits per heavy atom. The van der Waals surface area contributed by atoms with Crippen LogP contribution in [0.15, 0.2) is 193 Å². The van der Waals surface area contributed by atoms with E-state index in [9.17, 15) is 0 Å². The Balaban J connectivity index is 0.828. The third kappa shape index (κ3) is 34.5. The summed E-state index contributed by atoms with van der Waals surface area (Å²) in [6, 6.07) is 46.5. The summed E-state index contributed by atoms with van der Waals surface area (Å²) in [5, 5.41) is 0. The minimum absolute atomic E-state index is 0.586. The lowest BCUT2D eigenvalue weighted by molar-refractivity contribution is -0.697. The van der Waals surface area contributed by atoms with Crippen molar-refractivity contribution >= 4 is 12.4 Å². The smallest absolute Gasteiger partial charge is 0.168 e. The molecule has 0 aliphatic rings. The molecule has 494 valence electrons. The predicted octanol–water partition coefficient (Wildman–Crippen LogP) is 18.9. The third-order valence-corrected chi connectivity index (χ3v) is 17.3. The quantitative estimate of drug-likeness (QED) is 0.0216. The summed E-state index contributed by atoms with van der Waals surface area (Å²) in [5.41, 5.74) is 4.31. The van der Waals surface area contributed by atoms with E-state index in [0.717, 1.165) is 97.1 Å². The van der Waals surface area contributed by atoms with Crippen molar-refractivity contribution in [3.05, 3.63) is 205 Å². The van der Waals surface area contributed by atoms with Gasteiger partial charge in [-0.3, -0.25) is 9.98 Å². The van der Waals surface area contributed by atoms with Gasteiger partial charge in [-0.25, -0.2) is 18.3 Å². The van der Waals surface area contributed by atoms with Gasteiger partial charge in [-0.2, -0.15) is 0 Å². The molecule has 10 nitrogen and oxygen atoms in total. The largest absolute Gasteiger partial charge is 0.493 e. The van der Waals surface area contributed by atoms with E-state index in [-0.39, 0.29) is 0 Å². The molecule has 0 saturated heterocycles. The van der Waals surface area contributed by atoms with Gasteiger partial charge in [0.15, 0.2) is 49.6 Å². The van der Waals surface area contributed by atoms with E-state index in [1.807, 2.05) is 12.4 Å². The van der Waals surface area contributed by atoms with Gasteiger partial charge in [0, 0.05) is 98.8 Å². The predicted molar refractivity (Wildman–Crippen MR) is 378 cm³/mol. The Hall–Kier alpha value is -7.20. The summed E-state index contributed by atoms with van der Waals surface area (Å²) >= 11 is 0. The second-order valence-electron chi connectivity index (χ2n) is 25.4. The molecule has 10 heteroatoms. The van der Waals surface area contributed by atoms with E-state index in [4.69, 9.17) is 28.9 Å². The summed E-state index contributed by atoms with van der Waals surface area (Å²) in [4.78, 5) is 9.83. The molecule has 7 aromatic rings. The number of pyridine rings is 4. The van der Waals surface area contributed by atoms with Crippen molar-refractivity contribution < 1.29 is 37.2 Å². The van der Waals surface area contributed by atoms with Gasteiger partial charge in [0.2, 0.25) is 0 Å². The topological polar surface area (TPSA) is 77.2 Å². The van der Waals surface area contributed by atoms with Crippen LogP contribution in [0.3, 0.4) is 0 Å². The number of hydrogen-bond donors (Lipinski definition) is 0. The number of aliphatic imine (C=N–C) groups is 2. The Bertz CT molecular complexity index is 2600. The lowest BCUT2D eigenvalue weighted by Crippen LogP contribution is -2.32. The summed E-state index contributed by atoms with van der Waals surface area (Å²) in [5.74, 6) is 3.42. The first-order valence-electron chi connectivity index (χ1n) is 36.4. The average Bonchev–Trinajstić information content (AvgIpc) is 2.05. The van der Waals surface area contributed by atoms with Crippen molar-refractivity contribution in [1.29, 1.82) is 0 Å². The Labute approximate surface area is 556 Å². The fourth-order valence-corrected chi connectivity index (χ4v) is 11.9. The Morgan fingerprint density at radius 1 is 0.239 bits per heavy atom. The molecule has 0 atom stereocenters. The lowest BCUT2D eigenvalue weighted by atomic mass is 10.1. The zero-order valence-electron chi connectivity index (χ0n) is 56.5. The first-order valence-corrected chi connectivity index (χ1v) is 36.4. The van der Waals surface area contributed by atoms with Crippen LogP contribution in [0.1, 0.15) is 228 Å². The Morgan fingerprint density at radius 3 is 0.674 bits per heavy atom. The number of benzene rings is 3. The molecule has 0 saturated carbocycles. The van der Waals surface area contributed by atoms with Crippen LogP contribution in [0.25, 0.3) is 0 Å². The highest BCUT2D eigenvalue weighted by Gasteiger charge is 2.09. The van der Waals surface area contributed by atoms with Gasteiger partial charge in [0.25, 0.3) is 0 Å². The molecule has 0 unspecified atom stereocenters. The fourth-order valence-electron chi connectivity index (χ4n) is 11.9. The van der Waals surface area contributed by atoms with E-state index in [0.29, 0.717) is 39.5 Å². The summed E-state index contributed by atoms with van der Waals surface area (Å²) in [6.07, 6.45) is 61.1. The van der Waals surface area contributed by atoms with Crippen molar-refractivity contribution in [3.8, 4) is 23.0 Å². The molecule has 0 aliphatic carbocycles. The number of unbranched alkanes of at least 4 members (excludes halogenated alkanes) is 28. The highest BCUT2D eigenvalue weighted by atomic mass is 16.5. The van der Waals surface area contributed by atoms with Crippen molar-refractivity contribution in [2.75, 3.05) is 26.4 Å². The molecule has 0 aliphatic heterocycles. The van der Waals surface area contributed by atoms with Crippen molar-refractivity contribution in [1.82, 2.24) is 0 Å². The molecule has 92 heavy (non-hydrogen) atoms. The van der Waals surface area contributed by atoms with Crippen LogP contribution in [0.2, 0.25) is 0 Å². The molecule has 0 spiro atoms. The standard InChI is InChI=1S/C82H116N6O4/c1(9-17-29-49-85-53-33-25-34-54-85)5-13-21-41-61-89-79-65-77(66-80(69-79)90-62-42-22-14-6-2-10-18-30-50-86-55-35-26-36-56-86)73-83-71-75-45-47-76(48-46-75)72-84-74-78-67-81(91-63-43-23-15-7-3-11-19-31-51-87-57-37-27-38-58-87)70-82(68-78)92-64-44-24-16-8-4-12-20-32-52-88-59-39-28-40-60-88/h25-28,33-40,45-48,53-60,65-70,73-74H,1-24,29-32,41-44,49-52,61-64,71-72H2/q+4.